The number of aromatic nitrogens is 2. The van der Waals surface area contributed by atoms with Gasteiger partial charge in [-0.2, -0.15) is 0 Å². The molecular formula is C13H19N3O. The van der Waals surface area contributed by atoms with Crippen LogP contribution in [-0.2, 0) is 16.9 Å². The number of nitrogens with one attached hydrogen (secondary N) is 1. The van der Waals surface area contributed by atoms with Crippen LogP contribution in [0.3, 0.4) is 0 Å². The van der Waals surface area contributed by atoms with Crippen LogP contribution in [0.2, 0.25) is 0 Å². The first-order chi connectivity index (χ1) is 8.26. The predicted molar refractivity (Wildman–Crippen MR) is 64.4 cm³/mol. The molecule has 2 heterocycles. The maximum Gasteiger partial charge on any atom is 0.159 e. The first-order valence-corrected chi connectivity index (χ1v) is 6.45. The summed E-state index contributed by atoms with van der Waals surface area (Å²) in [5.41, 5.74) is 0.893. The lowest BCUT2D eigenvalue weighted by Crippen LogP contribution is -2.24. The average Bonchev–Trinajstić information content (AvgIpc) is 3.09. The van der Waals surface area contributed by atoms with Crippen molar-refractivity contribution in [3.8, 4) is 0 Å². The first-order valence-electron chi connectivity index (χ1n) is 6.45. The zero-order valence-electron chi connectivity index (χ0n) is 10.3. The van der Waals surface area contributed by atoms with Crippen molar-refractivity contribution < 1.29 is 4.74 Å². The van der Waals surface area contributed by atoms with Crippen molar-refractivity contribution in [3.63, 3.8) is 0 Å². The van der Waals surface area contributed by atoms with Crippen LogP contribution in [0, 0.1) is 0 Å². The van der Waals surface area contributed by atoms with Gasteiger partial charge in [-0.15, -0.1) is 0 Å². The van der Waals surface area contributed by atoms with E-state index in [1.54, 1.807) is 0 Å². The van der Waals surface area contributed by atoms with Gasteiger partial charge in [0.15, 0.2) is 5.82 Å². The van der Waals surface area contributed by atoms with Crippen molar-refractivity contribution in [1.82, 2.24) is 15.3 Å². The molecule has 1 aromatic heterocycles. The normalized spacial score (nSPS) is 28.5. The molecule has 0 spiro atoms. The first kappa shape index (κ1) is 11.1. The van der Waals surface area contributed by atoms with Gasteiger partial charge in [0.05, 0.1) is 0 Å². The predicted octanol–water partition coefficient (Wildman–Crippen LogP) is 1.75. The molecule has 1 saturated carbocycles. The molecule has 4 nitrogen and oxygen atoms in total. The van der Waals surface area contributed by atoms with Gasteiger partial charge in [0.2, 0.25) is 0 Å². The lowest BCUT2D eigenvalue weighted by molar-refractivity contribution is 0.00927. The number of rotatable bonds is 4. The van der Waals surface area contributed by atoms with E-state index in [0.29, 0.717) is 0 Å². The molecule has 4 heteroatoms. The summed E-state index contributed by atoms with van der Waals surface area (Å²) in [6, 6.07) is 0.727. The molecule has 0 bridgehead atoms. The number of hydrogen-bond acceptors (Lipinski definition) is 4. The zero-order valence-corrected chi connectivity index (χ0v) is 10.3. The number of ether oxygens (including phenoxy) is 1. The van der Waals surface area contributed by atoms with Crippen LogP contribution in [-0.4, -0.2) is 22.6 Å². The van der Waals surface area contributed by atoms with Gasteiger partial charge in [0, 0.05) is 37.2 Å². The Morgan fingerprint density at radius 1 is 1.41 bits per heavy atom. The molecule has 92 valence electrons. The Balaban J connectivity index is 1.66. The monoisotopic (exact) mass is 233 g/mol. The van der Waals surface area contributed by atoms with Crippen LogP contribution >= 0.6 is 0 Å². The molecule has 0 radical (unpaired) electrons. The topological polar surface area (TPSA) is 47.0 Å². The van der Waals surface area contributed by atoms with E-state index < -0.39 is 0 Å². The third-order valence-corrected chi connectivity index (χ3v) is 3.57. The Kier molecular flexibility index (Phi) is 2.84. The van der Waals surface area contributed by atoms with Gasteiger partial charge in [-0.1, -0.05) is 0 Å². The van der Waals surface area contributed by atoms with Crippen molar-refractivity contribution >= 4 is 0 Å². The third-order valence-electron chi connectivity index (χ3n) is 3.57. The lowest BCUT2D eigenvalue weighted by atomic mass is 10.0. The van der Waals surface area contributed by atoms with Crippen molar-refractivity contribution in [2.45, 2.75) is 50.8 Å². The Morgan fingerprint density at radius 3 is 2.76 bits per heavy atom. The molecular weight excluding hydrogens is 214 g/mol. The van der Waals surface area contributed by atoms with Crippen LogP contribution < -0.4 is 5.32 Å². The van der Waals surface area contributed by atoms with E-state index in [2.05, 4.69) is 22.2 Å². The molecule has 2 fully saturated rings. The molecule has 1 aliphatic heterocycles. The quantitative estimate of drug-likeness (QED) is 0.860. The Morgan fingerprint density at radius 2 is 2.18 bits per heavy atom. The Bertz CT molecular complexity index is 380. The highest BCUT2D eigenvalue weighted by Crippen LogP contribution is 2.32. The highest BCUT2D eigenvalue weighted by molar-refractivity contribution is 5.10. The largest absolute Gasteiger partial charge is 0.367 e. The fraction of sp³-hybridized carbons (Fsp3) is 0.692. The van der Waals surface area contributed by atoms with Crippen LogP contribution in [0.25, 0.3) is 0 Å². The highest BCUT2D eigenvalue weighted by Gasteiger charge is 2.34. The molecule has 0 amide bonds. The van der Waals surface area contributed by atoms with E-state index in [9.17, 15) is 0 Å². The zero-order chi connectivity index (χ0) is 11.7. The smallest absolute Gasteiger partial charge is 0.159 e. The summed E-state index contributed by atoms with van der Waals surface area (Å²) in [5, 5.41) is 3.46. The van der Waals surface area contributed by atoms with E-state index >= 15 is 0 Å². The van der Waals surface area contributed by atoms with E-state index in [4.69, 9.17) is 4.74 Å². The van der Waals surface area contributed by atoms with Crippen molar-refractivity contribution in [2.24, 2.45) is 0 Å². The minimum absolute atomic E-state index is 0.261. The number of nitrogens with zero attached hydrogens (tertiary/aromatic N) is 2. The van der Waals surface area contributed by atoms with Crippen LogP contribution in [0.1, 0.15) is 44.0 Å². The SMILES string of the molecule is CC1(c2ncc(CNC3CC3)cn2)CCCO1. The fourth-order valence-corrected chi connectivity index (χ4v) is 2.22. The Labute approximate surface area is 102 Å². The van der Waals surface area contributed by atoms with E-state index in [1.807, 2.05) is 12.4 Å². The molecule has 1 saturated heterocycles. The van der Waals surface area contributed by atoms with Gasteiger partial charge < -0.3 is 10.1 Å². The molecule has 1 aliphatic carbocycles. The van der Waals surface area contributed by atoms with Crippen molar-refractivity contribution in [1.29, 1.82) is 0 Å². The molecule has 1 N–H and O–H groups in total. The Hall–Kier alpha value is -1.00. The summed E-state index contributed by atoms with van der Waals surface area (Å²) < 4.78 is 5.73. The van der Waals surface area contributed by atoms with Crippen LogP contribution in [0.15, 0.2) is 12.4 Å². The summed E-state index contributed by atoms with van der Waals surface area (Å²) in [7, 11) is 0. The van der Waals surface area contributed by atoms with Crippen molar-refractivity contribution in [3.05, 3.63) is 23.8 Å². The van der Waals surface area contributed by atoms with Crippen LogP contribution in [0.5, 0.6) is 0 Å². The van der Waals surface area contributed by atoms with Gasteiger partial charge in [-0.3, -0.25) is 0 Å². The average molecular weight is 233 g/mol. The van der Waals surface area contributed by atoms with Crippen LogP contribution in [0.4, 0.5) is 0 Å². The minimum Gasteiger partial charge on any atom is -0.367 e. The lowest BCUT2D eigenvalue weighted by Gasteiger charge is -2.21. The molecule has 1 atom stereocenters. The summed E-state index contributed by atoms with van der Waals surface area (Å²) in [6.07, 6.45) is 8.59. The molecule has 17 heavy (non-hydrogen) atoms. The van der Waals surface area contributed by atoms with Gasteiger partial charge in [-0.05, 0) is 32.6 Å². The summed E-state index contributed by atoms with van der Waals surface area (Å²) >= 11 is 0. The maximum atomic E-state index is 5.73. The third kappa shape index (κ3) is 2.48. The van der Waals surface area contributed by atoms with Crippen molar-refractivity contribution in [2.75, 3.05) is 6.61 Å². The molecule has 0 aromatic carbocycles. The van der Waals surface area contributed by atoms with E-state index in [1.165, 1.54) is 12.8 Å². The second-order valence-electron chi connectivity index (χ2n) is 5.25. The molecule has 1 aromatic rings. The summed E-state index contributed by atoms with van der Waals surface area (Å²) in [6.45, 7) is 3.78. The minimum atomic E-state index is -0.261. The molecule has 1 unspecified atom stereocenters. The van der Waals surface area contributed by atoms with Gasteiger partial charge in [0.25, 0.3) is 0 Å². The second-order valence-corrected chi connectivity index (χ2v) is 5.25. The van der Waals surface area contributed by atoms with Gasteiger partial charge in [-0.25, -0.2) is 9.97 Å². The highest BCUT2D eigenvalue weighted by atomic mass is 16.5. The molecule has 3 rings (SSSR count). The number of hydrogen-bond donors (Lipinski definition) is 1. The summed E-state index contributed by atoms with van der Waals surface area (Å²) in [4.78, 5) is 8.91. The maximum absolute atomic E-state index is 5.73. The standard InChI is InChI=1S/C13H19N3O/c1-13(5-2-6-17-13)12-15-8-10(9-16-12)7-14-11-3-4-11/h8-9,11,14H,2-7H2,1H3. The second kappa shape index (κ2) is 4.35. The van der Waals surface area contributed by atoms with E-state index in [0.717, 1.165) is 43.4 Å². The molecule has 2 aliphatic rings. The van der Waals surface area contributed by atoms with E-state index in [-0.39, 0.29) is 5.60 Å². The van der Waals surface area contributed by atoms with Gasteiger partial charge in [0.1, 0.15) is 5.60 Å². The fourth-order valence-electron chi connectivity index (χ4n) is 2.22. The summed E-state index contributed by atoms with van der Waals surface area (Å²) in [5.74, 6) is 0.824. The van der Waals surface area contributed by atoms with Gasteiger partial charge >= 0.3 is 0 Å².